The minimum Gasteiger partial charge on any atom is -0.309 e. The minimum atomic E-state index is 0.0351. The summed E-state index contributed by atoms with van der Waals surface area (Å²) in [7, 11) is 0. The van der Waals surface area contributed by atoms with E-state index in [1.807, 2.05) is 24.5 Å². The van der Waals surface area contributed by atoms with E-state index in [0.29, 0.717) is 11.1 Å². The number of pyridine rings is 1. The molecule has 0 bridgehead atoms. The quantitative estimate of drug-likeness (QED) is 0.174. The summed E-state index contributed by atoms with van der Waals surface area (Å²) < 4.78 is 4.69. The van der Waals surface area contributed by atoms with Gasteiger partial charge in [-0.3, -0.25) is 4.98 Å². The van der Waals surface area contributed by atoms with Crippen molar-refractivity contribution >= 4 is 43.6 Å². The van der Waals surface area contributed by atoms with Crippen LogP contribution in [0.25, 0.3) is 88.4 Å². The minimum absolute atomic E-state index is 0.0351. The van der Waals surface area contributed by atoms with Crippen molar-refractivity contribution in [3.8, 4) is 56.9 Å². The van der Waals surface area contributed by atoms with Gasteiger partial charge in [-0.05, 0) is 111 Å². The second-order valence-corrected chi connectivity index (χ2v) is 18.4. The lowest BCUT2D eigenvalue weighted by Crippen LogP contribution is -2.10. The van der Waals surface area contributed by atoms with E-state index in [-0.39, 0.29) is 10.8 Å². The van der Waals surface area contributed by atoms with Crippen molar-refractivity contribution in [2.45, 2.75) is 52.4 Å². The van der Waals surface area contributed by atoms with Gasteiger partial charge in [0, 0.05) is 62.0 Å². The highest BCUT2D eigenvalue weighted by molar-refractivity contribution is 6.10. The van der Waals surface area contributed by atoms with E-state index in [1.54, 1.807) is 6.07 Å². The largest absolute Gasteiger partial charge is 0.309 e. The van der Waals surface area contributed by atoms with Crippen LogP contribution in [0.5, 0.6) is 0 Å². The lowest BCUT2D eigenvalue weighted by molar-refractivity contribution is 0.591. The van der Waals surface area contributed by atoms with Crippen molar-refractivity contribution in [2.75, 3.05) is 0 Å². The van der Waals surface area contributed by atoms with Gasteiger partial charge in [-0.25, -0.2) is 0 Å². The molecular formula is C57H45N5. The number of para-hydroxylation sites is 2. The van der Waals surface area contributed by atoms with Crippen LogP contribution in [0, 0.1) is 22.7 Å². The first-order chi connectivity index (χ1) is 29.9. The van der Waals surface area contributed by atoms with Gasteiger partial charge in [-0.15, -0.1) is 0 Å². The van der Waals surface area contributed by atoms with Crippen molar-refractivity contribution in [3.05, 3.63) is 186 Å². The third-order valence-corrected chi connectivity index (χ3v) is 12.4. The Balaban J connectivity index is 1.11. The zero-order chi connectivity index (χ0) is 42.9. The molecule has 62 heavy (non-hydrogen) atoms. The fraction of sp³-hybridized carbons (Fsp3) is 0.140. The second-order valence-electron chi connectivity index (χ2n) is 18.4. The smallest absolute Gasteiger partial charge is 0.101 e. The molecule has 5 heteroatoms. The van der Waals surface area contributed by atoms with Crippen molar-refractivity contribution in [1.82, 2.24) is 14.1 Å². The van der Waals surface area contributed by atoms with Gasteiger partial charge in [-0.2, -0.15) is 10.5 Å². The molecule has 3 heterocycles. The monoisotopic (exact) mass is 799 g/mol. The van der Waals surface area contributed by atoms with Crippen LogP contribution in [0.15, 0.2) is 164 Å². The number of fused-ring (bicyclic) bond motifs is 6. The third-order valence-electron chi connectivity index (χ3n) is 12.4. The zero-order valence-electron chi connectivity index (χ0n) is 35.8. The summed E-state index contributed by atoms with van der Waals surface area (Å²) in [6.45, 7) is 13.5. The number of nitriles is 2. The number of benzene rings is 7. The summed E-state index contributed by atoms with van der Waals surface area (Å²) >= 11 is 0. The fourth-order valence-corrected chi connectivity index (χ4v) is 9.11. The summed E-state index contributed by atoms with van der Waals surface area (Å²) in [6.07, 6.45) is 3.82. The van der Waals surface area contributed by atoms with Gasteiger partial charge in [-0.1, -0.05) is 120 Å². The van der Waals surface area contributed by atoms with E-state index in [2.05, 4.69) is 196 Å². The number of aromatic nitrogens is 3. The van der Waals surface area contributed by atoms with Crippen LogP contribution >= 0.6 is 0 Å². The van der Waals surface area contributed by atoms with Crippen molar-refractivity contribution in [3.63, 3.8) is 0 Å². The predicted octanol–water partition coefficient (Wildman–Crippen LogP) is 14.6. The van der Waals surface area contributed by atoms with E-state index in [4.69, 9.17) is 4.98 Å². The van der Waals surface area contributed by atoms with E-state index >= 15 is 0 Å². The topological polar surface area (TPSA) is 70.3 Å². The molecule has 0 aliphatic carbocycles. The molecular weight excluding hydrogens is 755 g/mol. The lowest BCUT2D eigenvalue weighted by Gasteiger charge is -2.19. The second kappa shape index (κ2) is 14.5. The molecule has 0 amide bonds. The van der Waals surface area contributed by atoms with Gasteiger partial charge in [0.15, 0.2) is 0 Å². The number of hydrogen-bond acceptors (Lipinski definition) is 3. The molecule has 0 fully saturated rings. The van der Waals surface area contributed by atoms with Crippen molar-refractivity contribution < 1.29 is 0 Å². The highest BCUT2D eigenvalue weighted by Crippen LogP contribution is 2.42. The summed E-state index contributed by atoms with van der Waals surface area (Å²) in [4.78, 5) is 4.84. The lowest BCUT2D eigenvalue weighted by atomic mass is 9.86. The van der Waals surface area contributed by atoms with Gasteiger partial charge >= 0.3 is 0 Å². The van der Waals surface area contributed by atoms with E-state index in [9.17, 15) is 10.5 Å². The number of rotatable bonds is 5. The molecule has 10 aromatic rings. The number of nitrogens with zero attached hydrogens (tertiary/aromatic N) is 5. The summed E-state index contributed by atoms with van der Waals surface area (Å²) in [5, 5.41) is 24.9. The summed E-state index contributed by atoms with van der Waals surface area (Å²) in [5.41, 5.74) is 15.8. The molecule has 0 spiro atoms. The van der Waals surface area contributed by atoms with Gasteiger partial charge in [0.25, 0.3) is 0 Å². The SMILES string of the molecule is CC(C)(C)c1ccc2c(c1)c1ccccc1n2-c1ccc(-c2cncc(-c3ccc(-n4c5ccccc5c5cc(C(C)(C)C)ccc54)cc3)c2-c2ccc(C#N)c(C#N)c2)cc1. The Labute approximate surface area is 362 Å². The highest BCUT2D eigenvalue weighted by Gasteiger charge is 2.22. The summed E-state index contributed by atoms with van der Waals surface area (Å²) in [5.74, 6) is 0. The third kappa shape index (κ3) is 6.34. The molecule has 10 rings (SSSR count). The van der Waals surface area contributed by atoms with Gasteiger partial charge in [0.05, 0.1) is 33.2 Å². The molecule has 0 atom stereocenters. The molecule has 0 radical (unpaired) electrons. The van der Waals surface area contributed by atoms with Crippen LogP contribution in [0.3, 0.4) is 0 Å². The van der Waals surface area contributed by atoms with Crippen LogP contribution < -0.4 is 0 Å². The van der Waals surface area contributed by atoms with Gasteiger partial charge in [0.2, 0.25) is 0 Å². The van der Waals surface area contributed by atoms with Crippen LogP contribution in [0.1, 0.15) is 63.8 Å². The first-order valence-electron chi connectivity index (χ1n) is 21.1. The van der Waals surface area contributed by atoms with Crippen LogP contribution in [-0.4, -0.2) is 14.1 Å². The molecule has 0 aliphatic heterocycles. The van der Waals surface area contributed by atoms with Crippen LogP contribution in [0.4, 0.5) is 0 Å². The van der Waals surface area contributed by atoms with E-state index < -0.39 is 0 Å². The van der Waals surface area contributed by atoms with Gasteiger partial charge in [0.1, 0.15) is 12.1 Å². The molecule has 298 valence electrons. The van der Waals surface area contributed by atoms with Gasteiger partial charge < -0.3 is 9.13 Å². The Kier molecular flexibility index (Phi) is 8.98. The zero-order valence-corrected chi connectivity index (χ0v) is 35.8. The van der Waals surface area contributed by atoms with Crippen molar-refractivity contribution in [1.29, 1.82) is 10.5 Å². The number of hydrogen-bond donors (Lipinski definition) is 0. The summed E-state index contributed by atoms with van der Waals surface area (Å²) in [6, 6.07) is 58.3. The average molecular weight is 800 g/mol. The molecule has 0 saturated heterocycles. The Bertz CT molecular complexity index is 3290. The maximum atomic E-state index is 10.1. The maximum Gasteiger partial charge on any atom is 0.101 e. The molecule has 0 N–H and O–H groups in total. The normalized spacial score (nSPS) is 12.0. The standard InChI is InChI=1S/C57H45N5/c1-56(2,3)41-21-27-53-47(30-41)45-11-7-9-13-51(45)61(53)43-23-17-36(18-24-43)49-34-60-35-50(55(49)38-15-16-39(32-58)40(29-38)33-59)37-19-25-44(26-20-37)62-52-14-10-8-12-46(52)48-31-42(57(4,5)6)22-28-54(48)62/h7-31,34-35H,1-6H3. The Morgan fingerprint density at radius 1 is 0.419 bits per heavy atom. The molecule has 5 nitrogen and oxygen atoms in total. The molecule has 0 unspecified atom stereocenters. The van der Waals surface area contributed by atoms with Crippen molar-refractivity contribution in [2.24, 2.45) is 0 Å². The maximum absolute atomic E-state index is 10.1. The Hall–Kier alpha value is -7.73. The first-order valence-corrected chi connectivity index (χ1v) is 21.1. The molecule has 3 aromatic heterocycles. The molecule has 0 saturated carbocycles. The predicted molar refractivity (Wildman–Crippen MR) is 256 cm³/mol. The van der Waals surface area contributed by atoms with Crippen LogP contribution in [0.2, 0.25) is 0 Å². The first kappa shape index (κ1) is 38.5. The average Bonchev–Trinajstić information content (AvgIpc) is 3.80. The highest BCUT2D eigenvalue weighted by atomic mass is 15.0. The molecule has 7 aromatic carbocycles. The Morgan fingerprint density at radius 3 is 1.27 bits per heavy atom. The van der Waals surface area contributed by atoms with Crippen LogP contribution in [-0.2, 0) is 10.8 Å². The Morgan fingerprint density at radius 2 is 0.839 bits per heavy atom. The van der Waals surface area contributed by atoms with E-state index in [0.717, 1.165) is 66.8 Å². The molecule has 0 aliphatic rings. The van der Waals surface area contributed by atoms with E-state index in [1.165, 1.54) is 32.7 Å². The fourth-order valence-electron chi connectivity index (χ4n) is 9.11.